The summed E-state index contributed by atoms with van der Waals surface area (Å²) in [4.78, 5) is 20.3. The quantitative estimate of drug-likeness (QED) is 0.689. The van der Waals surface area contributed by atoms with E-state index in [1.165, 1.54) is 25.1 Å². The number of oxazole rings is 1. The molecule has 26 heavy (non-hydrogen) atoms. The van der Waals surface area contributed by atoms with Gasteiger partial charge in [-0.1, -0.05) is 6.92 Å². The summed E-state index contributed by atoms with van der Waals surface area (Å²) in [6.07, 6.45) is 1.10. The van der Waals surface area contributed by atoms with Gasteiger partial charge in [0.05, 0.1) is 16.3 Å². The van der Waals surface area contributed by atoms with E-state index in [0.717, 1.165) is 6.08 Å². The first-order valence-corrected chi connectivity index (χ1v) is 9.39. The molecule has 0 unspecified atom stereocenters. The highest BCUT2D eigenvalue weighted by molar-refractivity contribution is 7.91. The Kier molecular flexibility index (Phi) is 4.41. The molecule has 0 amide bonds. The maximum absolute atomic E-state index is 12.1. The van der Waals surface area contributed by atoms with Gasteiger partial charge in [-0.15, -0.1) is 0 Å². The maximum Gasteiger partial charge on any atom is 0.362 e. The Morgan fingerprint density at radius 1 is 1.23 bits per heavy atom. The van der Waals surface area contributed by atoms with Crippen LogP contribution in [0.3, 0.4) is 0 Å². The molecule has 2 aromatic heterocycles. The zero-order valence-corrected chi connectivity index (χ0v) is 15.1. The second kappa shape index (κ2) is 6.41. The van der Waals surface area contributed by atoms with Crippen LogP contribution in [0.4, 0.5) is 0 Å². The van der Waals surface area contributed by atoms with Gasteiger partial charge in [-0.2, -0.15) is 0 Å². The molecule has 0 aliphatic rings. The normalized spacial score (nSPS) is 12.7. The van der Waals surface area contributed by atoms with Gasteiger partial charge in [0.2, 0.25) is 0 Å². The number of aliphatic hydroxyl groups is 1. The number of benzene rings is 1. The van der Waals surface area contributed by atoms with Crippen LogP contribution < -0.4 is 5.63 Å². The zero-order chi connectivity index (χ0) is 19.1. The van der Waals surface area contributed by atoms with Gasteiger partial charge in [-0.25, -0.2) is 23.2 Å². The molecule has 0 spiro atoms. The molecular weight excluding hydrogens is 360 g/mol. The number of hydrogen-bond acceptors (Lipinski definition) is 8. The lowest BCUT2D eigenvalue weighted by Gasteiger charge is -2.03. The summed E-state index contributed by atoms with van der Waals surface area (Å²) in [5.41, 5.74) is -0.173. The summed E-state index contributed by atoms with van der Waals surface area (Å²) >= 11 is 0. The van der Waals surface area contributed by atoms with E-state index in [1.54, 1.807) is 13.8 Å². The second-order valence-corrected chi connectivity index (χ2v) is 7.87. The molecule has 0 fully saturated rings. The predicted octanol–water partition coefficient (Wildman–Crippen LogP) is 2.64. The third-order valence-corrected chi connectivity index (χ3v) is 5.46. The second-order valence-electron chi connectivity index (χ2n) is 5.60. The van der Waals surface area contributed by atoms with Crippen molar-refractivity contribution in [2.75, 3.05) is 5.75 Å². The van der Waals surface area contributed by atoms with Crippen molar-refractivity contribution in [3.63, 3.8) is 0 Å². The van der Waals surface area contributed by atoms with Gasteiger partial charge in [0.25, 0.3) is 0 Å². The number of aromatic nitrogens is 2. The van der Waals surface area contributed by atoms with Crippen LogP contribution in [0.1, 0.15) is 30.0 Å². The molecule has 0 saturated carbocycles. The van der Waals surface area contributed by atoms with E-state index in [4.69, 9.17) is 8.83 Å². The van der Waals surface area contributed by atoms with Gasteiger partial charge in [-0.05, 0) is 25.1 Å². The summed E-state index contributed by atoms with van der Waals surface area (Å²) in [5, 5.41) is 10.2. The topological polar surface area (TPSA) is 124 Å². The van der Waals surface area contributed by atoms with Gasteiger partial charge in [0.1, 0.15) is 5.52 Å². The lowest BCUT2D eigenvalue weighted by Crippen LogP contribution is -2.08. The molecule has 0 bridgehead atoms. The minimum Gasteiger partial charge on any atom is -0.504 e. The molecular formula is C17H16N2O6S. The number of hydrogen-bond donors (Lipinski definition) is 1. The molecule has 0 radical (unpaired) electrons. The molecule has 8 nitrogen and oxygen atoms in total. The molecule has 2 heterocycles. The number of sulfone groups is 1. The number of aliphatic hydroxyl groups excluding tert-OH is 1. The van der Waals surface area contributed by atoms with E-state index in [1.807, 2.05) is 0 Å². The van der Waals surface area contributed by atoms with E-state index in [-0.39, 0.29) is 39.0 Å². The molecule has 3 rings (SSSR count). The first kappa shape index (κ1) is 17.9. The van der Waals surface area contributed by atoms with Crippen molar-refractivity contribution in [3.05, 3.63) is 51.7 Å². The molecule has 1 aromatic carbocycles. The molecule has 3 aromatic rings. The van der Waals surface area contributed by atoms with E-state index in [2.05, 4.69) is 9.97 Å². The average Bonchev–Trinajstić information content (AvgIpc) is 2.93. The number of aryl methyl sites for hydroxylation is 2. The highest BCUT2D eigenvalue weighted by Crippen LogP contribution is 2.21. The molecule has 0 aliphatic carbocycles. The van der Waals surface area contributed by atoms with E-state index in [9.17, 15) is 18.3 Å². The van der Waals surface area contributed by atoms with Crippen LogP contribution in [0.5, 0.6) is 0 Å². The van der Waals surface area contributed by atoms with Crippen molar-refractivity contribution in [1.29, 1.82) is 0 Å². The minimum atomic E-state index is -3.43. The summed E-state index contributed by atoms with van der Waals surface area (Å²) < 4.78 is 34.5. The van der Waals surface area contributed by atoms with Crippen LogP contribution in [0.15, 0.2) is 36.7 Å². The lowest BCUT2D eigenvalue weighted by molar-refractivity contribution is 0.446. The van der Waals surface area contributed by atoms with Gasteiger partial charge < -0.3 is 13.9 Å². The fourth-order valence-electron chi connectivity index (χ4n) is 2.41. The number of rotatable bonds is 4. The summed E-state index contributed by atoms with van der Waals surface area (Å²) in [6.45, 7) is 4.81. The average molecular weight is 376 g/mol. The highest BCUT2D eigenvalue weighted by atomic mass is 32.2. The van der Waals surface area contributed by atoms with Crippen molar-refractivity contribution >= 4 is 32.8 Å². The highest BCUT2D eigenvalue weighted by Gasteiger charge is 2.16. The molecule has 0 saturated heterocycles. The van der Waals surface area contributed by atoms with Crippen molar-refractivity contribution in [2.45, 2.75) is 25.7 Å². The van der Waals surface area contributed by atoms with E-state index in [0.29, 0.717) is 11.6 Å². The zero-order valence-electron chi connectivity index (χ0n) is 14.3. The van der Waals surface area contributed by atoms with Crippen LogP contribution in [-0.4, -0.2) is 29.2 Å². The van der Waals surface area contributed by atoms with Crippen molar-refractivity contribution in [2.24, 2.45) is 0 Å². The first-order valence-electron chi connectivity index (χ1n) is 7.74. The van der Waals surface area contributed by atoms with Crippen molar-refractivity contribution in [3.8, 4) is 0 Å². The molecule has 0 aliphatic heterocycles. The van der Waals surface area contributed by atoms with Crippen LogP contribution in [0, 0.1) is 13.8 Å². The monoisotopic (exact) mass is 376 g/mol. The lowest BCUT2D eigenvalue weighted by atomic mass is 10.2. The molecule has 9 heteroatoms. The van der Waals surface area contributed by atoms with Gasteiger partial charge in [-0.3, -0.25) is 0 Å². The molecule has 1 N–H and O–H groups in total. The van der Waals surface area contributed by atoms with Crippen LogP contribution in [0.2, 0.25) is 0 Å². The van der Waals surface area contributed by atoms with Crippen LogP contribution in [-0.2, 0) is 9.84 Å². The van der Waals surface area contributed by atoms with Crippen molar-refractivity contribution < 1.29 is 22.4 Å². The third-order valence-electron chi connectivity index (χ3n) is 3.73. The first-order chi connectivity index (χ1) is 12.2. The smallest absolute Gasteiger partial charge is 0.362 e. The molecule has 0 atom stereocenters. The van der Waals surface area contributed by atoms with E-state index < -0.39 is 15.5 Å². The summed E-state index contributed by atoms with van der Waals surface area (Å²) in [6, 6.07) is 4.07. The Morgan fingerprint density at radius 3 is 2.58 bits per heavy atom. The predicted molar refractivity (Wildman–Crippen MR) is 94.5 cm³/mol. The largest absolute Gasteiger partial charge is 0.504 e. The van der Waals surface area contributed by atoms with E-state index >= 15 is 0 Å². The maximum atomic E-state index is 12.1. The van der Waals surface area contributed by atoms with Gasteiger partial charge in [0, 0.05) is 13.0 Å². The Hall–Kier alpha value is -2.94. The van der Waals surface area contributed by atoms with Crippen LogP contribution >= 0.6 is 0 Å². The number of nitrogens with zero attached hydrogens (tertiary/aromatic N) is 2. The Labute approximate surface area is 148 Å². The molecule has 136 valence electrons. The summed E-state index contributed by atoms with van der Waals surface area (Å²) in [7, 11) is -3.43. The Bertz CT molecular complexity index is 1190. The number of fused-ring (bicyclic) bond motifs is 1. The van der Waals surface area contributed by atoms with Gasteiger partial charge in [0.15, 0.2) is 38.5 Å². The fourth-order valence-corrected chi connectivity index (χ4v) is 3.31. The third kappa shape index (κ3) is 3.25. The van der Waals surface area contributed by atoms with Gasteiger partial charge >= 0.3 is 5.63 Å². The standard InChI is InChI=1S/C17H16N2O6S/c1-4-26(22,23)11-5-6-15-12(7-11)19-13(17(21)25-15)8-14(20)16-9(2)18-10(3)24-16/h5-8,20H,4H2,1-3H3. The minimum absolute atomic E-state index is 0.0625. The SMILES string of the molecule is CCS(=O)(=O)c1ccc2oc(=O)c(C=C(O)c3oc(C)nc3C)nc2c1. The van der Waals surface area contributed by atoms with Crippen LogP contribution in [0.25, 0.3) is 22.9 Å². The summed E-state index contributed by atoms with van der Waals surface area (Å²) in [5.74, 6) is 0.0866. The Balaban J connectivity index is 2.14. The van der Waals surface area contributed by atoms with Crippen molar-refractivity contribution in [1.82, 2.24) is 9.97 Å². The fraction of sp³-hybridized carbons (Fsp3) is 0.235. The Morgan fingerprint density at radius 2 is 1.96 bits per heavy atom.